The van der Waals surface area contributed by atoms with E-state index in [1.807, 2.05) is 6.92 Å². The molecule has 0 aliphatic heterocycles. The van der Waals surface area contributed by atoms with Crippen molar-refractivity contribution in [1.82, 2.24) is 0 Å². The molecule has 0 aliphatic rings. The van der Waals surface area contributed by atoms with Gasteiger partial charge in [0.1, 0.15) is 17.5 Å². The van der Waals surface area contributed by atoms with Crippen molar-refractivity contribution < 1.29 is 10.2 Å². The standard InChI is InChI=1S/C11H15NO3/c1-3-4-9-10(13)6-5-8(11(9)14)7(2)12-15/h5-7,13-14H,3-4H2,1-2H3. The van der Waals surface area contributed by atoms with Crippen LogP contribution in [0.2, 0.25) is 0 Å². The normalized spacial score (nSPS) is 12.4. The van der Waals surface area contributed by atoms with Gasteiger partial charge < -0.3 is 10.2 Å². The fraction of sp³-hybridized carbons (Fsp3) is 0.455. The molecule has 2 N–H and O–H groups in total. The minimum atomic E-state index is -0.596. The summed E-state index contributed by atoms with van der Waals surface area (Å²) < 4.78 is 0. The van der Waals surface area contributed by atoms with Gasteiger partial charge in [-0.2, -0.15) is 4.91 Å². The van der Waals surface area contributed by atoms with Crippen LogP contribution in [0.25, 0.3) is 0 Å². The highest BCUT2D eigenvalue weighted by Crippen LogP contribution is 2.35. The molecule has 0 bridgehead atoms. The van der Waals surface area contributed by atoms with Gasteiger partial charge in [-0.25, -0.2) is 0 Å². The first kappa shape index (κ1) is 11.5. The van der Waals surface area contributed by atoms with Crippen molar-refractivity contribution in [3.05, 3.63) is 28.2 Å². The van der Waals surface area contributed by atoms with Crippen molar-refractivity contribution in [3.63, 3.8) is 0 Å². The Hall–Kier alpha value is -1.58. The van der Waals surface area contributed by atoms with E-state index in [1.165, 1.54) is 12.1 Å². The molecule has 4 heteroatoms. The highest BCUT2D eigenvalue weighted by Gasteiger charge is 2.16. The molecule has 4 nitrogen and oxygen atoms in total. The molecular weight excluding hydrogens is 194 g/mol. The molecule has 15 heavy (non-hydrogen) atoms. The monoisotopic (exact) mass is 209 g/mol. The molecule has 0 aromatic heterocycles. The largest absolute Gasteiger partial charge is 0.508 e. The van der Waals surface area contributed by atoms with E-state index in [4.69, 9.17) is 0 Å². The van der Waals surface area contributed by atoms with E-state index in [1.54, 1.807) is 6.92 Å². The molecule has 82 valence electrons. The molecule has 0 aliphatic carbocycles. The smallest absolute Gasteiger partial charge is 0.127 e. The lowest BCUT2D eigenvalue weighted by molar-refractivity contribution is 0.430. The number of rotatable bonds is 4. The lowest BCUT2D eigenvalue weighted by atomic mass is 10.00. The molecule has 0 fully saturated rings. The molecule has 1 atom stereocenters. The first-order valence-corrected chi connectivity index (χ1v) is 4.98. The molecule has 0 heterocycles. The molecule has 0 radical (unpaired) electrons. The fourth-order valence-electron chi connectivity index (χ4n) is 1.53. The van der Waals surface area contributed by atoms with Crippen LogP contribution in [0.5, 0.6) is 11.5 Å². The first-order valence-electron chi connectivity index (χ1n) is 4.98. The van der Waals surface area contributed by atoms with Crippen molar-refractivity contribution in [2.75, 3.05) is 0 Å². The molecule has 0 saturated heterocycles. The van der Waals surface area contributed by atoms with Crippen LogP contribution in [-0.4, -0.2) is 10.2 Å². The number of phenols is 2. The van der Waals surface area contributed by atoms with Gasteiger partial charge in [-0.15, -0.1) is 0 Å². The lowest BCUT2D eigenvalue weighted by Crippen LogP contribution is -1.94. The van der Waals surface area contributed by atoms with Crippen molar-refractivity contribution in [2.24, 2.45) is 5.18 Å². The second-order valence-corrected chi connectivity index (χ2v) is 3.53. The topological polar surface area (TPSA) is 69.9 Å². The molecule has 0 spiro atoms. The average Bonchev–Trinajstić information content (AvgIpc) is 2.23. The van der Waals surface area contributed by atoms with E-state index in [2.05, 4.69) is 5.18 Å². The number of phenolic OH excluding ortho intramolecular Hbond substituents is 2. The first-order chi connectivity index (χ1) is 7.11. The molecule has 1 rings (SSSR count). The minimum absolute atomic E-state index is 0.0102. The second-order valence-electron chi connectivity index (χ2n) is 3.53. The highest BCUT2D eigenvalue weighted by atomic mass is 16.3. The molecule has 0 amide bonds. The number of nitroso groups, excluding NO2 is 1. The van der Waals surface area contributed by atoms with E-state index in [0.29, 0.717) is 17.5 Å². The number of aromatic hydroxyl groups is 2. The van der Waals surface area contributed by atoms with Crippen LogP contribution in [0.3, 0.4) is 0 Å². The number of nitrogens with zero attached hydrogens (tertiary/aromatic N) is 1. The van der Waals surface area contributed by atoms with Crippen LogP contribution in [0.4, 0.5) is 0 Å². The van der Waals surface area contributed by atoms with Gasteiger partial charge in [0.2, 0.25) is 0 Å². The Morgan fingerprint density at radius 1 is 1.40 bits per heavy atom. The summed E-state index contributed by atoms with van der Waals surface area (Å²) in [4.78, 5) is 10.4. The maximum Gasteiger partial charge on any atom is 0.127 e. The van der Waals surface area contributed by atoms with E-state index in [-0.39, 0.29) is 11.5 Å². The summed E-state index contributed by atoms with van der Waals surface area (Å²) in [6.07, 6.45) is 1.39. The zero-order valence-electron chi connectivity index (χ0n) is 8.90. The Morgan fingerprint density at radius 3 is 2.60 bits per heavy atom. The zero-order valence-corrected chi connectivity index (χ0v) is 8.90. The molecule has 0 saturated carbocycles. The van der Waals surface area contributed by atoms with Gasteiger partial charge >= 0.3 is 0 Å². The van der Waals surface area contributed by atoms with Crippen molar-refractivity contribution in [3.8, 4) is 11.5 Å². The predicted molar refractivity (Wildman–Crippen MR) is 58.0 cm³/mol. The van der Waals surface area contributed by atoms with Gasteiger partial charge in [0.25, 0.3) is 0 Å². The van der Waals surface area contributed by atoms with E-state index < -0.39 is 6.04 Å². The summed E-state index contributed by atoms with van der Waals surface area (Å²) in [5.74, 6) is 0.0557. The Labute approximate surface area is 88.5 Å². The summed E-state index contributed by atoms with van der Waals surface area (Å²) in [5, 5.41) is 22.2. The van der Waals surface area contributed by atoms with E-state index in [9.17, 15) is 15.1 Å². The summed E-state index contributed by atoms with van der Waals surface area (Å²) in [6.45, 7) is 3.56. The van der Waals surface area contributed by atoms with Crippen LogP contribution < -0.4 is 0 Å². The van der Waals surface area contributed by atoms with Crippen LogP contribution in [-0.2, 0) is 6.42 Å². The molecule has 1 unspecified atom stereocenters. The predicted octanol–water partition coefficient (Wildman–Crippen LogP) is 2.88. The number of hydrogen-bond acceptors (Lipinski definition) is 4. The maximum atomic E-state index is 10.4. The van der Waals surface area contributed by atoms with Crippen LogP contribution in [0.15, 0.2) is 17.3 Å². The van der Waals surface area contributed by atoms with E-state index in [0.717, 1.165) is 6.42 Å². The second kappa shape index (κ2) is 4.77. The van der Waals surface area contributed by atoms with Gasteiger partial charge in [-0.3, -0.25) is 0 Å². The summed E-state index contributed by atoms with van der Waals surface area (Å²) in [6, 6.07) is 2.42. The maximum absolute atomic E-state index is 10.4. The van der Waals surface area contributed by atoms with Gasteiger partial charge in [0.05, 0.1) is 0 Å². The third-order valence-corrected chi connectivity index (χ3v) is 2.40. The third-order valence-electron chi connectivity index (χ3n) is 2.40. The summed E-state index contributed by atoms with van der Waals surface area (Å²) in [5.41, 5.74) is 0.955. The van der Waals surface area contributed by atoms with Crippen molar-refractivity contribution in [2.45, 2.75) is 32.7 Å². The van der Waals surface area contributed by atoms with Gasteiger partial charge in [-0.1, -0.05) is 18.5 Å². The number of benzene rings is 1. The quantitative estimate of drug-likeness (QED) is 0.749. The molecular formula is C11H15NO3. The van der Waals surface area contributed by atoms with Crippen LogP contribution >= 0.6 is 0 Å². The minimum Gasteiger partial charge on any atom is -0.508 e. The van der Waals surface area contributed by atoms with E-state index >= 15 is 0 Å². The van der Waals surface area contributed by atoms with Gasteiger partial charge in [0.15, 0.2) is 0 Å². The lowest BCUT2D eigenvalue weighted by Gasteiger charge is -2.12. The van der Waals surface area contributed by atoms with Crippen LogP contribution in [0.1, 0.15) is 37.4 Å². The Morgan fingerprint density at radius 2 is 2.07 bits per heavy atom. The number of hydrogen-bond donors (Lipinski definition) is 2. The van der Waals surface area contributed by atoms with Crippen molar-refractivity contribution >= 4 is 0 Å². The fourth-order valence-corrected chi connectivity index (χ4v) is 1.53. The Kier molecular flexibility index (Phi) is 3.66. The zero-order chi connectivity index (χ0) is 11.4. The van der Waals surface area contributed by atoms with Crippen LogP contribution in [0, 0.1) is 4.91 Å². The third kappa shape index (κ3) is 2.26. The highest BCUT2D eigenvalue weighted by molar-refractivity contribution is 5.49. The Bertz CT molecular complexity index is 363. The molecule has 1 aromatic carbocycles. The average molecular weight is 209 g/mol. The SMILES string of the molecule is CCCc1c(O)ccc(C(C)N=O)c1O. The van der Waals surface area contributed by atoms with Gasteiger partial charge in [-0.05, 0) is 25.5 Å². The summed E-state index contributed by atoms with van der Waals surface area (Å²) in [7, 11) is 0. The van der Waals surface area contributed by atoms with Crippen molar-refractivity contribution in [1.29, 1.82) is 0 Å². The summed E-state index contributed by atoms with van der Waals surface area (Å²) >= 11 is 0. The molecule has 1 aromatic rings. The Balaban J connectivity index is 3.21. The van der Waals surface area contributed by atoms with Gasteiger partial charge in [0, 0.05) is 11.1 Å².